The predicted molar refractivity (Wildman–Crippen MR) is 90.4 cm³/mol. The van der Waals surface area contributed by atoms with E-state index in [9.17, 15) is 14.0 Å². The van der Waals surface area contributed by atoms with Gasteiger partial charge in [-0.3, -0.25) is 9.59 Å². The van der Waals surface area contributed by atoms with Crippen LogP contribution in [-0.4, -0.2) is 11.8 Å². The number of rotatable bonds is 4. The summed E-state index contributed by atoms with van der Waals surface area (Å²) in [6, 6.07) is 9.65. The highest BCUT2D eigenvalue weighted by molar-refractivity contribution is 6.31. The van der Waals surface area contributed by atoms with Gasteiger partial charge >= 0.3 is 0 Å². The van der Waals surface area contributed by atoms with E-state index in [1.54, 1.807) is 6.07 Å². The van der Waals surface area contributed by atoms with E-state index in [0.717, 1.165) is 16.8 Å². The zero-order valence-electron chi connectivity index (χ0n) is 13.0. The number of hydrogen-bond acceptors (Lipinski definition) is 2. The molecule has 0 saturated heterocycles. The fourth-order valence-electron chi connectivity index (χ4n) is 2.76. The first kappa shape index (κ1) is 16.5. The fraction of sp³-hybridized carbons (Fsp3) is 0.222. The van der Waals surface area contributed by atoms with Gasteiger partial charge in [0.05, 0.1) is 18.9 Å². The second-order valence-corrected chi connectivity index (χ2v) is 6.21. The average Bonchev–Trinajstić information content (AvgIpc) is 2.90. The number of benzene rings is 2. The van der Waals surface area contributed by atoms with Crippen molar-refractivity contribution in [3.05, 3.63) is 63.9 Å². The second kappa shape index (κ2) is 6.61. The average molecular weight is 347 g/mol. The van der Waals surface area contributed by atoms with Gasteiger partial charge in [-0.1, -0.05) is 29.8 Å². The van der Waals surface area contributed by atoms with E-state index >= 15 is 0 Å². The maximum Gasteiger partial charge on any atom is 0.228 e. The molecule has 124 valence electrons. The summed E-state index contributed by atoms with van der Waals surface area (Å²) in [5.41, 5.74) is 2.79. The summed E-state index contributed by atoms with van der Waals surface area (Å²) in [6.07, 6.45) is 0.218. The smallest absolute Gasteiger partial charge is 0.228 e. The number of anilines is 1. The Kier molecular flexibility index (Phi) is 4.53. The van der Waals surface area contributed by atoms with Gasteiger partial charge in [0.2, 0.25) is 11.8 Å². The largest absolute Gasteiger partial charge is 0.349 e. The molecule has 0 unspecified atom stereocenters. The molecular weight excluding hydrogens is 331 g/mol. The molecule has 2 aromatic rings. The predicted octanol–water partition coefficient (Wildman–Crippen LogP) is 3.39. The molecule has 24 heavy (non-hydrogen) atoms. The number of fused-ring (bicyclic) bond motifs is 1. The molecule has 0 fully saturated rings. The van der Waals surface area contributed by atoms with Crippen molar-refractivity contribution < 1.29 is 14.0 Å². The lowest BCUT2D eigenvalue weighted by atomic mass is 10.0. The van der Waals surface area contributed by atoms with Crippen molar-refractivity contribution in [3.63, 3.8) is 0 Å². The molecule has 0 bridgehead atoms. The summed E-state index contributed by atoms with van der Waals surface area (Å²) in [4.78, 5) is 23.6. The molecule has 1 aliphatic heterocycles. The summed E-state index contributed by atoms with van der Waals surface area (Å²) in [7, 11) is 0. The molecule has 1 heterocycles. The quantitative estimate of drug-likeness (QED) is 0.891. The minimum Gasteiger partial charge on any atom is -0.349 e. The molecule has 0 aromatic heterocycles. The zero-order chi connectivity index (χ0) is 17.3. The van der Waals surface area contributed by atoms with Crippen molar-refractivity contribution in [2.24, 2.45) is 0 Å². The van der Waals surface area contributed by atoms with Gasteiger partial charge in [0.1, 0.15) is 5.82 Å². The SMILES string of the molecule is C[C@H](NC(=O)Cc1c(F)cccc1Cl)c1ccc2c(c1)CC(=O)N2. The molecule has 1 aliphatic rings. The summed E-state index contributed by atoms with van der Waals surface area (Å²) in [5, 5.41) is 5.83. The van der Waals surface area contributed by atoms with Crippen molar-refractivity contribution in [2.75, 3.05) is 5.32 Å². The van der Waals surface area contributed by atoms with Gasteiger partial charge in [0, 0.05) is 16.3 Å². The van der Waals surface area contributed by atoms with Crippen molar-refractivity contribution in [3.8, 4) is 0 Å². The van der Waals surface area contributed by atoms with Crippen molar-refractivity contribution in [2.45, 2.75) is 25.8 Å². The third-order valence-corrected chi connectivity index (χ3v) is 4.39. The van der Waals surface area contributed by atoms with Crippen LogP contribution < -0.4 is 10.6 Å². The molecule has 2 aromatic carbocycles. The standard InChI is InChI=1S/C18H16ClFN2O2/c1-10(11-5-6-16-12(7-11)8-17(23)22-16)21-18(24)9-13-14(19)3-2-4-15(13)20/h2-7,10H,8-9H2,1H3,(H,21,24)(H,22,23)/t10-/m0/s1. The Bertz CT molecular complexity index is 802. The number of hydrogen-bond donors (Lipinski definition) is 2. The molecule has 0 saturated carbocycles. The van der Waals surface area contributed by atoms with Crippen LogP contribution in [0.5, 0.6) is 0 Å². The second-order valence-electron chi connectivity index (χ2n) is 5.81. The van der Waals surface area contributed by atoms with Crippen LogP contribution in [0.25, 0.3) is 0 Å². The molecule has 0 spiro atoms. The third kappa shape index (κ3) is 3.41. The Labute approximate surface area is 144 Å². The van der Waals surface area contributed by atoms with Crippen LogP contribution in [0.15, 0.2) is 36.4 Å². The van der Waals surface area contributed by atoms with Crippen LogP contribution in [0.3, 0.4) is 0 Å². The van der Waals surface area contributed by atoms with Gasteiger partial charge in [-0.2, -0.15) is 0 Å². The van der Waals surface area contributed by atoms with Crippen LogP contribution >= 0.6 is 11.6 Å². The van der Waals surface area contributed by atoms with Crippen LogP contribution in [0.1, 0.15) is 29.7 Å². The summed E-state index contributed by atoms with van der Waals surface area (Å²) in [6.45, 7) is 1.84. The molecule has 0 aliphatic carbocycles. The van der Waals surface area contributed by atoms with Crippen molar-refractivity contribution in [1.29, 1.82) is 0 Å². The van der Waals surface area contributed by atoms with Crippen LogP contribution in [-0.2, 0) is 22.4 Å². The Morgan fingerprint density at radius 2 is 2.17 bits per heavy atom. The number of amides is 2. The summed E-state index contributed by atoms with van der Waals surface area (Å²) < 4.78 is 13.8. The molecule has 1 atom stereocenters. The third-order valence-electron chi connectivity index (χ3n) is 4.03. The van der Waals surface area contributed by atoms with E-state index in [4.69, 9.17) is 11.6 Å². The van der Waals surface area contributed by atoms with E-state index in [2.05, 4.69) is 10.6 Å². The lowest BCUT2D eigenvalue weighted by Gasteiger charge is -2.16. The maximum atomic E-state index is 13.8. The number of nitrogens with one attached hydrogen (secondary N) is 2. The lowest BCUT2D eigenvalue weighted by molar-refractivity contribution is -0.121. The van der Waals surface area contributed by atoms with E-state index < -0.39 is 5.82 Å². The first-order valence-electron chi connectivity index (χ1n) is 7.59. The normalized spacial score (nSPS) is 14.0. The number of halogens is 2. The Morgan fingerprint density at radius 1 is 1.38 bits per heavy atom. The highest BCUT2D eigenvalue weighted by atomic mass is 35.5. The maximum absolute atomic E-state index is 13.8. The first-order valence-corrected chi connectivity index (χ1v) is 7.97. The van der Waals surface area contributed by atoms with Crippen LogP contribution in [0.4, 0.5) is 10.1 Å². The van der Waals surface area contributed by atoms with Crippen LogP contribution in [0.2, 0.25) is 5.02 Å². The number of carbonyl (C=O) groups is 2. The highest BCUT2D eigenvalue weighted by Crippen LogP contribution is 2.26. The van der Waals surface area contributed by atoms with Crippen molar-refractivity contribution in [1.82, 2.24) is 5.32 Å². The molecule has 2 N–H and O–H groups in total. The molecule has 6 heteroatoms. The van der Waals surface area contributed by atoms with Gasteiger partial charge in [-0.15, -0.1) is 0 Å². The van der Waals surface area contributed by atoms with Gasteiger partial charge in [-0.05, 0) is 36.2 Å². The fourth-order valence-corrected chi connectivity index (χ4v) is 2.99. The van der Waals surface area contributed by atoms with E-state index in [1.807, 2.05) is 25.1 Å². The van der Waals surface area contributed by atoms with Gasteiger partial charge in [0.15, 0.2) is 0 Å². The van der Waals surface area contributed by atoms with Gasteiger partial charge < -0.3 is 10.6 Å². The molecule has 2 amide bonds. The van der Waals surface area contributed by atoms with Crippen molar-refractivity contribution >= 4 is 29.1 Å². The Balaban J connectivity index is 1.69. The van der Waals surface area contributed by atoms with E-state index in [0.29, 0.717) is 6.42 Å². The molecule has 3 rings (SSSR count). The van der Waals surface area contributed by atoms with Gasteiger partial charge in [0.25, 0.3) is 0 Å². The Morgan fingerprint density at radius 3 is 2.92 bits per heavy atom. The highest BCUT2D eigenvalue weighted by Gasteiger charge is 2.20. The topological polar surface area (TPSA) is 58.2 Å². The minimum atomic E-state index is -0.493. The first-order chi connectivity index (χ1) is 11.4. The Hall–Kier alpha value is -2.40. The summed E-state index contributed by atoms with van der Waals surface area (Å²) in [5.74, 6) is -0.843. The van der Waals surface area contributed by atoms with E-state index in [1.165, 1.54) is 12.1 Å². The van der Waals surface area contributed by atoms with Gasteiger partial charge in [-0.25, -0.2) is 4.39 Å². The molecule has 0 radical (unpaired) electrons. The monoisotopic (exact) mass is 346 g/mol. The van der Waals surface area contributed by atoms with Crippen LogP contribution in [0, 0.1) is 5.82 Å². The zero-order valence-corrected chi connectivity index (χ0v) is 13.8. The lowest BCUT2D eigenvalue weighted by Crippen LogP contribution is -2.28. The minimum absolute atomic E-state index is 0.0342. The number of carbonyl (C=O) groups excluding carboxylic acids is 2. The molecule has 4 nitrogen and oxygen atoms in total. The molecular formula is C18H16ClFN2O2. The summed E-state index contributed by atoms with van der Waals surface area (Å²) >= 11 is 5.95. The van der Waals surface area contributed by atoms with E-state index in [-0.39, 0.29) is 34.9 Å².